The Labute approximate surface area is 107 Å². The summed E-state index contributed by atoms with van der Waals surface area (Å²) < 4.78 is 0. The lowest BCUT2D eigenvalue weighted by Gasteiger charge is -2.17. The maximum atomic E-state index is 11.4. The minimum absolute atomic E-state index is 0.0588. The van der Waals surface area contributed by atoms with Crippen LogP contribution in [-0.2, 0) is 14.4 Å². The van der Waals surface area contributed by atoms with Gasteiger partial charge in [0.15, 0.2) is 0 Å². The molecule has 0 aromatic heterocycles. The summed E-state index contributed by atoms with van der Waals surface area (Å²) in [6.07, 6.45) is 0.339. The van der Waals surface area contributed by atoms with Crippen molar-refractivity contribution in [1.29, 1.82) is 0 Å². The second-order valence-corrected chi connectivity index (χ2v) is 5.56. The maximum Gasteiger partial charge on any atom is 0.308 e. The zero-order valence-corrected chi connectivity index (χ0v) is 11.4. The quantitative estimate of drug-likeness (QED) is 0.641. The first-order chi connectivity index (χ1) is 8.11. The largest absolute Gasteiger partial charge is 0.481 e. The molecule has 0 bridgehead atoms. The molecule has 1 atom stereocenters. The summed E-state index contributed by atoms with van der Waals surface area (Å²) in [5, 5.41) is 13.6. The third kappa shape index (κ3) is 8.55. The van der Waals surface area contributed by atoms with Crippen molar-refractivity contribution in [3.05, 3.63) is 0 Å². The van der Waals surface area contributed by atoms with Gasteiger partial charge in [0.25, 0.3) is 0 Å². The molecule has 0 heterocycles. The minimum Gasteiger partial charge on any atom is -0.481 e. The lowest BCUT2D eigenvalue weighted by atomic mass is 9.92. The molecule has 6 nitrogen and oxygen atoms in total. The molecule has 0 aromatic rings. The van der Waals surface area contributed by atoms with E-state index in [1.165, 1.54) is 6.92 Å². The Morgan fingerprint density at radius 1 is 1.11 bits per heavy atom. The number of carbonyl (C=O) groups is 3. The lowest BCUT2D eigenvalue weighted by Crippen LogP contribution is -2.40. The Hall–Kier alpha value is -1.59. The van der Waals surface area contributed by atoms with Gasteiger partial charge in [0.05, 0.1) is 12.5 Å². The fraction of sp³-hybridized carbons (Fsp3) is 0.750. The molecule has 18 heavy (non-hydrogen) atoms. The van der Waals surface area contributed by atoms with Crippen molar-refractivity contribution >= 4 is 17.8 Å². The predicted molar refractivity (Wildman–Crippen MR) is 66.9 cm³/mol. The highest BCUT2D eigenvalue weighted by Crippen LogP contribution is 2.17. The molecule has 0 aromatic carbocycles. The van der Waals surface area contributed by atoms with E-state index >= 15 is 0 Å². The van der Waals surface area contributed by atoms with Crippen LogP contribution >= 0.6 is 0 Å². The number of carbonyl (C=O) groups excluding carboxylic acids is 2. The van der Waals surface area contributed by atoms with E-state index in [9.17, 15) is 14.4 Å². The van der Waals surface area contributed by atoms with Crippen LogP contribution in [0.3, 0.4) is 0 Å². The molecule has 0 aliphatic carbocycles. The van der Waals surface area contributed by atoms with Crippen molar-refractivity contribution in [3.8, 4) is 0 Å². The molecule has 2 amide bonds. The van der Waals surface area contributed by atoms with Crippen LogP contribution in [0.5, 0.6) is 0 Å². The standard InChI is InChI=1S/C12H22N2O4/c1-8(11(17)18)6-13-10(16)7-14-9(15)5-12(2,3)4/h8H,5-7H2,1-4H3,(H,13,16)(H,14,15)(H,17,18). The maximum absolute atomic E-state index is 11.4. The van der Waals surface area contributed by atoms with E-state index in [1.54, 1.807) is 0 Å². The van der Waals surface area contributed by atoms with Gasteiger partial charge in [-0.05, 0) is 5.41 Å². The highest BCUT2D eigenvalue weighted by molar-refractivity contribution is 5.85. The van der Waals surface area contributed by atoms with Gasteiger partial charge in [-0.25, -0.2) is 0 Å². The molecule has 1 unspecified atom stereocenters. The number of aliphatic carboxylic acids is 1. The van der Waals surface area contributed by atoms with E-state index in [-0.39, 0.29) is 30.3 Å². The molecule has 0 aliphatic heterocycles. The fourth-order valence-corrected chi connectivity index (χ4v) is 1.14. The molecule has 104 valence electrons. The average Bonchev–Trinajstić information content (AvgIpc) is 2.20. The smallest absolute Gasteiger partial charge is 0.308 e. The molecule has 3 N–H and O–H groups in total. The summed E-state index contributed by atoms with van der Waals surface area (Å²) >= 11 is 0. The summed E-state index contributed by atoms with van der Waals surface area (Å²) in [5.41, 5.74) is -0.127. The van der Waals surface area contributed by atoms with Crippen LogP contribution in [0.1, 0.15) is 34.1 Å². The molecular formula is C12H22N2O4. The Balaban J connectivity index is 3.84. The van der Waals surface area contributed by atoms with Gasteiger partial charge in [0.1, 0.15) is 0 Å². The first-order valence-electron chi connectivity index (χ1n) is 5.88. The molecule has 0 fully saturated rings. The number of nitrogens with one attached hydrogen (secondary N) is 2. The Morgan fingerprint density at radius 3 is 2.11 bits per heavy atom. The molecule has 0 spiro atoms. The fourth-order valence-electron chi connectivity index (χ4n) is 1.14. The number of hydrogen-bond donors (Lipinski definition) is 3. The van der Waals surface area contributed by atoms with Crippen molar-refractivity contribution in [2.24, 2.45) is 11.3 Å². The normalized spacial score (nSPS) is 12.7. The van der Waals surface area contributed by atoms with Crippen LogP contribution in [0.15, 0.2) is 0 Å². The van der Waals surface area contributed by atoms with E-state index < -0.39 is 11.9 Å². The van der Waals surface area contributed by atoms with Crippen molar-refractivity contribution in [1.82, 2.24) is 10.6 Å². The zero-order valence-electron chi connectivity index (χ0n) is 11.4. The average molecular weight is 258 g/mol. The van der Waals surface area contributed by atoms with Crippen LogP contribution in [0, 0.1) is 11.3 Å². The first kappa shape index (κ1) is 16.4. The predicted octanol–water partition coefficient (Wildman–Crippen LogP) is 0.376. The van der Waals surface area contributed by atoms with Gasteiger partial charge in [-0.15, -0.1) is 0 Å². The summed E-state index contributed by atoms with van der Waals surface area (Å²) in [7, 11) is 0. The van der Waals surface area contributed by atoms with Crippen molar-refractivity contribution in [2.45, 2.75) is 34.1 Å². The molecule has 0 saturated heterocycles. The van der Waals surface area contributed by atoms with Gasteiger partial charge in [-0.1, -0.05) is 27.7 Å². The highest BCUT2D eigenvalue weighted by atomic mass is 16.4. The van der Waals surface area contributed by atoms with Gasteiger partial charge in [-0.2, -0.15) is 0 Å². The zero-order chi connectivity index (χ0) is 14.3. The minimum atomic E-state index is -0.966. The number of carboxylic acids is 1. The summed E-state index contributed by atoms with van der Waals surface area (Å²) in [5.74, 6) is -2.18. The van der Waals surface area contributed by atoms with E-state index in [0.717, 1.165) is 0 Å². The molecule has 0 aliphatic rings. The van der Waals surface area contributed by atoms with Crippen LogP contribution in [0.2, 0.25) is 0 Å². The summed E-state index contributed by atoms with van der Waals surface area (Å²) in [4.78, 5) is 33.3. The molecule has 0 saturated carbocycles. The van der Waals surface area contributed by atoms with E-state index in [4.69, 9.17) is 5.11 Å². The van der Waals surface area contributed by atoms with Crippen molar-refractivity contribution < 1.29 is 19.5 Å². The number of carboxylic acid groups (broad SMARTS) is 1. The van der Waals surface area contributed by atoms with Crippen molar-refractivity contribution in [2.75, 3.05) is 13.1 Å². The summed E-state index contributed by atoms with van der Waals surface area (Å²) in [6.45, 7) is 7.23. The molecule has 0 radical (unpaired) electrons. The van der Waals surface area contributed by atoms with Gasteiger partial charge >= 0.3 is 5.97 Å². The topological polar surface area (TPSA) is 95.5 Å². The van der Waals surface area contributed by atoms with Crippen molar-refractivity contribution in [3.63, 3.8) is 0 Å². The highest BCUT2D eigenvalue weighted by Gasteiger charge is 2.17. The van der Waals surface area contributed by atoms with Gasteiger partial charge in [-0.3, -0.25) is 14.4 Å². The van der Waals surface area contributed by atoms with Crippen LogP contribution in [0.4, 0.5) is 0 Å². The van der Waals surface area contributed by atoms with Gasteiger partial charge in [0, 0.05) is 13.0 Å². The van der Waals surface area contributed by atoms with E-state index in [2.05, 4.69) is 10.6 Å². The SMILES string of the molecule is CC(CNC(=O)CNC(=O)CC(C)(C)C)C(=O)O. The van der Waals surface area contributed by atoms with Gasteiger partial charge < -0.3 is 15.7 Å². The number of hydrogen-bond acceptors (Lipinski definition) is 3. The van der Waals surface area contributed by atoms with Crippen LogP contribution < -0.4 is 10.6 Å². The Bertz CT molecular complexity index is 321. The van der Waals surface area contributed by atoms with Gasteiger partial charge in [0.2, 0.25) is 11.8 Å². The molecule has 6 heteroatoms. The Kier molecular flexibility index (Phi) is 6.36. The molecule has 0 rings (SSSR count). The third-order valence-electron chi connectivity index (χ3n) is 2.16. The first-order valence-corrected chi connectivity index (χ1v) is 5.88. The lowest BCUT2D eigenvalue weighted by molar-refractivity contribution is -0.141. The van der Waals surface area contributed by atoms with E-state index in [1.807, 2.05) is 20.8 Å². The molecular weight excluding hydrogens is 236 g/mol. The third-order valence-corrected chi connectivity index (χ3v) is 2.16. The Morgan fingerprint density at radius 2 is 1.67 bits per heavy atom. The number of rotatable bonds is 6. The second-order valence-electron chi connectivity index (χ2n) is 5.56. The van der Waals surface area contributed by atoms with Crippen LogP contribution in [0.25, 0.3) is 0 Å². The second kappa shape index (κ2) is 6.98. The van der Waals surface area contributed by atoms with Crippen LogP contribution in [-0.4, -0.2) is 36.0 Å². The summed E-state index contributed by atoms with van der Waals surface area (Å²) in [6, 6.07) is 0. The number of amides is 2. The monoisotopic (exact) mass is 258 g/mol. The van der Waals surface area contributed by atoms with E-state index in [0.29, 0.717) is 6.42 Å².